The highest BCUT2D eigenvalue weighted by Gasteiger charge is 2.44. The van der Waals surface area contributed by atoms with Gasteiger partial charge in [0.25, 0.3) is 0 Å². The van der Waals surface area contributed by atoms with Gasteiger partial charge in [-0.25, -0.2) is 0 Å². The Morgan fingerprint density at radius 1 is 0.559 bits per heavy atom. The largest absolute Gasteiger partial charge is 0.487 e. The molecular weight excluding hydrogens is 437 g/mol. The summed E-state index contributed by atoms with van der Waals surface area (Å²) in [5.41, 5.74) is 9.91. The molecular formula is C30H31BF2Si. The summed E-state index contributed by atoms with van der Waals surface area (Å²) in [6.07, 6.45) is 0. The molecule has 0 saturated heterocycles. The fraction of sp³-hybridized carbons (Fsp3) is 0.200. The lowest BCUT2D eigenvalue weighted by Crippen LogP contribution is -2.66. The lowest BCUT2D eigenvalue weighted by molar-refractivity contribution is 0.655. The van der Waals surface area contributed by atoms with Gasteiger partial charge in [0.05, 0.1) is 0 Å². The molecule has 0 radical (unpaired) electrons. The van der Waals surface area contributed by atoms with Gasteiger partial charge in [-0.2, -0.15) is 0 Å². The van der Waals surface area contributed by atoms with Gasteiger partial charge in [-0.1, -0.05) is 129 Å². The van der Waals surface area contributed by atoms with Gasteiger partial charge in [-0.3, -0.25) is 8.22 Å². The van der Waals surface area contributed by atoms with Crippen molar-refractivity contribution in [3.8, 4) is 0 Å². The van der Waals surface area contributed by atoms with Crippen LogP contribution in [0.5, 0.6) is 0 Å². The first-order valence-corrected chi connectivity index (χ1v) is 13.5. The van der Waals surface area contributed by atoms with Crippen LogP contribution in [0.15, 0.2) is 78.9 Å². The van der Waals surface area contributed by atoms with Crippen LogP contribution in [-0.2, 0) is 0 Å². The number of halogens is 2. The quantitative estimate of drug-likeness (QED) is 0.298. The second-order valence-corrected chi connectivity index (χ2v) is 11.9. The maximum absolute atomic E-state index is 16.2. The Bertz CT molecular complexity index is 1240. The molecule has 0 bridgehead atoms. The van der Waals surface area contributed by atoms with Crippen LogP contribution in [0.2, 0.25) is 0 Å². The molecule has 0 nitrogen and oxygen atoms in total. The molecule has 4 aromatic carbocycles. The van der Waals surface area contributed by atoms with Crippen LogP contribution in [0, 0.1) is 41.5 Å². The Kier molecular flexibility index (Phi) is 6.64. The van der Waals surface area contributed by atoms with Crippen molar-refractivity contribution in [3.05, 3.63) is 112 Å². The van der Waals surface area contributed by atoms with E-state index < -0.39 is 8.74 Å². The third kappa shape index (κ3) is 4.39. The van der Waals surface area contributed by atoms with Gasteiger partial charge in [0.15, 0.2) is 0 Å². The van der Waals surface area contributed by atoms with Crippen LogP contribution in [0.25, 0.3) is 0 Å². The molecule has 4 rings (SSSR count). The topological polar surface area (TPSA) is 0 Å². The molecule has 0 aliphatic carbocycles. The summed E-state index contributed by atoms with van der Waals surface area (Å²) in [6.45, 7) is 12.3. The Morgan fingerprint density at radius 2 is 0.971 bits per heavy atom. The number of aryl methyl sites for hydroxylation is 6. The van der Waals surface area contributed by atoms with E-state index in [2.05, 4.69) is 65.8 Å². The molecule has 0 amide bonds. The van der Waals surface area contributed by atoms with Crippen molar-refractivity contribution in [2.24, 2.45) is 0 Å². The first-order chi connectivity index (χ1) is 16.1. The van der Waals surface area contributed by atoms with Gasteiger partial charge < -0.3 is 0 Å². The summed E-state index contributed by atoms with van der Waals surface area (Å²) in [7, 11) is -4.92. The van der Waals surface area contributed by atoms with E-state index in [4.69, 9.17) is 0 Å². The average molecular weight is 468 g/mol. The van der Waals surface area contributed by atoms with Gasteiger partial charge in [0.2, 0.25) is 6.71 Å². The molecule has 0 atom stereocenters. The van der Waals surface area contributed by atoms with E-state index in [1.54, 1.807) is 42.5 Å². The summed E-state index contributed by atoms with van der Waals surface area (Å²) in [5, 5.41) is 0.348. The highest BCUT2D eigenvalue weighted by molar-refractivity contribution is 7.03. The number of rotatable bonds is 5. The lowest BCUT2D eigenvalue weighted by atomic mass is 9.34. The third-order valence-electron chi connectivity index (χ3n) is 6.80. The smallest absolute Gasteiger partial charge is 0.260 e. The van der Waals surface area contributed by atoms with Crippen LogP contribution in [-0.4, -0.2) is 15.5 Å². The molecule has 0 aromatic heterocycles. The van der Waals surface area contributed by atoms with Crippen LogP contribution < -0.4 is 26.8 Å². The van der Waals surface area contributed by atoms with Crippen molar-refractivity contribution >= 4 is 42.2 Å². The molecule has 34 heavy (non-hydrogen) atoms. The van der Waals surface area contributed by atoms with Gasteiger partial charge in [-0.05, 0) is 41.5 Å². The van der Waals surface area contributed by atoms with Crippen LogP contribution in [0.1, 0.15) is 33.4 Å². The third-order valence-corrected chi connectivity index (χ3v) is 8.99. The number of hydrogen-bond acceptors (Lipinski definition) is 0. The molecule has 0 saturated carbocycles. The first-order valence-electron chi connectivity index (χ1n) is 11.8. The molecule has 0 aliphatic rings. The van der Waals surface area contributed by atoms with E-state index in [1.165, 1.54) is 11.1 Å². The minimum atomic E-state index is -4.92. The fourth-order valence-electron chi connectivity index (χ4n) is 5.59. The summed E-state index contributed by atoms with van der Waals surface area (Å²) in [5.74, 6) is 0. The molecule has 0 fully saturated rings. The minimum Gasteiger partial charge on any atom is -0.260 e. The van der Waals surface area contributed by atoms with Crippen molar-refractivity contribution in [2.45, 2.75) is 41.5 Å². The molecule has 172 valence electrons. The minimum absolute atomic E-state index is 0.149. The van der Waals surface area contributed by atoms with E-state index in [0.717, 1.165) is 33.2 Å². The SMILES string of the molecule is Cc1cc(C)c(B(c2ccccc2[Si](F)(F)c2ccccc2)c2c(C)cc(C)cc2C)c(C)c1. The van der Waals surface area contributed by atoms with Crippen molar-refractivity contribution in [1.29, 1.82) is 0 Å². The molecule has 0 unspecified atom stereocenters. The molecule has 0 spiro atoms. The lowest BCUT2D eigenvalue weighted by Gasteiger charge is -2.28. The van der Waals surface area contributed by atoms with Crippen molar-refractivity contribution < 1.29 is 8.22 Å². The Morgan fingerprint density at radius 3 is 1.44 bits per heavy atom. The second kappa shape index (κ2) is 9.34. The Labute approximate surface area is 204 Å². The maximum Gasteiger partial charge on any atom is 0.487 e. The summed E-state index contributed by atoms with van der Waals surface area (Å²) >= 11 is 0. The van der Waals surface area contributed by atoms with E-state index in [0.29, 0.717) is 5.46 Å². The average Bonchev–Trinajstić information content (AvgIpc) is 2.77. The molecule has 0 N–H and O–H groups in total. The standard InChI is InChI=1S/C30H31BF2Si/c1-20-16-22(3)29(23(4)17-20)31(30-24(5)18-21(2)19-25(30)6)27-14-10-11-15-28(27)34(32,33)26-12-8-7-9-13-26/h7-19H,1-6H3. The summed E-state index contributed by atoms with van der Waals surface area (Å²) in [4.78, 5) is 0. The monoisotopic (exact) mass is 468 g/mol. The Balaban J connectivity index is 2.08. The predicted molar refractivity (Wildman–Crippen MR) is 146 cm³/mol. The normalized spacial score (nSPS) is 11.5. The molecule has 4 aromatic rings. The maximum atomic E-state index is 16.2. The van der Waals surface area contributed by atoms with Crippen LogP contribution >= 0.6 is 0 Å². The van der Waals surface area contributed by atoms with Gasteiger partial charge in [0, 0.05) is 10.4 Å². The van der Waals surface area contributed by atoms with Crippen LogP contribution in [0.3, 0.4) is 0 Å². The highest BCUT2D eigenvalue weighted by atomic mass is 28.4. The van der Waals surface area contributed by atoms with Gasteiger partial charge in [0.1, 0.15) is 0 Å². The predicted octanol–water partition coefficient (Wildman–Crippen LogP) is 4.55. The summed E-state index contributed by atoms with van der Waals surface area (Å²) < 4.78 is 32.4. The number of benzene rings is 4. The number of hydrogen-bond donors (Lipinski definition) is 0. The van der Waals surface area contributed by atoms with Gasteiger partial charge >= 0.3 is 8.74 Å². The Hall–Kier alpha value is -2.98. The molecule has 0 heterocycles. The van der Waals surface area contributed by atoms with E-state index in [1.807, 2.05) is 12.1 Å². The van der Waals surface area contributed by atoms with Crippen molar-refractivity contribution in [3.63, 3.8) is 0 Å². The molecule has 0 aliphatic heterocycles. The zero-order valence-corrected chi connectivity index (χ0v) is 21.8. The first kappa shape index (κ1) is 24.2. The van der Waals surface area contributed by atoms with Gasteiger partial charge in [-0.15, -0.1) is 0 Å². The van der Waals surface area contributed by atoms with E-state index in [-0.39, 0.29) is 17.1 Å². The van der Waals surface area contributed by atoms with E-state index >= 15 is 8.22 Å². The van der Waals surface area contributed by atoms with E-state index in [9.17, 15) is 0 Å². The fourth-order valence-corrected chi connectivity index (χ4v) is 7.40. The zero-order valence-electron chi connectivity index (χ0n) is 20.8. The second-order valence-electron chi connectivity index (χ2n) is 9.59. The zero-order chi connectivity index (χ0) is 24.6. The van der Waals surface area contributed by atoms with Crippen molar-refractivity contribution in [2.75, 3.05) is 0 Å². The summed E-state index contributed by atoms with van der Waals surface area (Å²) in [6, 6.07) is 24.3. The van der Waals surface area contributed by atoms with Crippen LogP contribution in [0.4, 0.5) is 8.22 Å². The highest BCUT2D eigenvalue weighted by Crippen LogP contribution is 2.14. The van der Waals surface area contributed by atoms with Crippen molar-refractivity contribution in [1.82, 2.24) is 0 Å². The molecule has 4 heteroatoms.